The van der Waals surface area contributed by atoms with Crippen LogP contribution in [0, 0.1) is 0 Å². The molecule has 4 aromatic rings. The number of hydrogen-bond acceptors (Lipinski definition) is 5. The molecular formula is C29H30N4O3. The molecule has 3 heterocycles. The van der Waals surface area contributed by atoms with E-state index in [0.29, 0.717) is 24.0 Å². The molecule has 1 amide bonds. The number of rotatable bonds is 7. The third-order valence-corrected chi connectivity index (χ3v) is 6.73. The van der Waals surface area contributed by atoms with Gasteiger partial charge in [-0.1, -0.05) is 42.5 Å². The van der Waals surface area contributed by atoms with Gasteiger partial charge in [0.2, 0.25) is 11.8 Å². The molecule has 7 heteroatoms. The van der Waals surface area contributed by atoms with Gasteiger partial charge in [-0.3, -0.25) is 9.48 Å². The second kappa shape index (κ2) is 10.6. The third kappa shape index (κ3) is 4.96. The monoisotopic (exact) mass is 482 g/mol. The predicted octanol–water partition coefficient (Wildman–Crippen LogP) is 4.92. The van der Waals surface area contributed by atoms with Gasteiger partial charge in [-0.05, 0) is 48.2 Å². The summed E-state index contributed by atoms with van der Waals surface area (Å²) < 4.78 is 12.7. The van der Waals surface area contributed by atoms with E-state index in [1.165, 1.54) is 5.56 Å². The summed E-state index contributed by atoms with van der Waals surface area (Å²) in [5.74, 6) is 1.66. The van der Waals surface area contributed by atoms with Crippen LogP contribution in [0.2, 0.25) is 0 Å². The molecule has 0 spiro atoms. The molecule has 1 atom stereocenters. The molecule has 0 bridgehead atoms. The van der Waals surface area contributed by atoms with Crippen molar-refractivity contribution in [3.63, 3.8) is 0 Å². The summed E-state index contributed by atoms with van der Waals surface area (Å²) in [5.41, 5.74) is 3.93. The van der Waals surface area contributed by atoms with Crippen LogP contribution in [0.1, 0.15) is 35.6 Å². The smallest absolute Gasteiger partial charge is 0.246 e. The van der Waals surface area contributed by atoms with E-state index < -0.39 is 0 Å². The number of hydrogen-bond donors (Lipinski definition) is 0. The van der Waals surface area contributed by atoms with Crippen molar-refractivity contribution in [2.24, 2.45) is 0 Å². The Morgan fingerprint density at radius 1 is 1.06 bits per heavy atom. The topological polar surface area (TPSA) is 69.5 Å². The van der Waals surface area contributed by atoms with E-state index in [0.717, 1.165) is 48.1 Å². The van der Waals surface area contributed by atoms with Crippen molar-refractivity contribution in [2.75, 3.05) is 27.3 Å². The van der Waals surface area contributed by atoms with Gasteiger partial charge in [0, 0.05) is 31.3 Å². The van der Waals surface area contributed by atoms with Crippen molar-refractivity contribution in [1.29, 1.82) is 0 Å². The normalized spacial score (nSPS) is 15.9. The van der Waals surface area contributed by atoms with Crippen LogP contribution < -0.4 is 9.47 Å². The number of ether oxygens (including phenoxy) is 2. The summed E-state index contributed by atoms with van der Waals surface area (Å²) in [5, 5.41) is 5.61. The number of carbonyl (C=O) groups is 1. The van der Waals surface area contributed by atoms with Crippen LogP contribution in [0.5, 0.6) is 11.6 Å². The van der Waals surface area contributed by atoms with Gasteiger partial charge in [0.25, 0.3) is 0 Å². The number of amides is 1. The molecule has 184 valence electrons. The van der Waals surface area contributed by atoms with E-state index in [1.807, 2.05) is 46.0 Å². The molecule has 1 unspecified atom stereocenters. The molecule has 0 radical (unpaired) electrons. The van der Waals surface area contributed by atoms with Crippen LogP contribution in [0.15, 0.2) is 72.9 Å². The highest BCUT2D eigenvalue weighted by Crippen LogP contribution is 2.29. The zero-order valence-corrected chi connectivity index (χ0v) is 20.6. The Kier molecular flexibility index (Phi) is 6.98. The van der Waals surface area contributed by atoms with E-state index in [4.69, 9.17) is 14.6 Å². The standard InChI is InChI=1S/C29H30N4O3/c1-35-24-12-10-21(11-13-24)19-33-26-16-17-30-29(36-2)28(26)25(31-33)14-15-27(34)32-18-6-9-23(20-32)22-7-4-3-5-8-22/h3-5,7-8,10-17,23H,6,9,18-20H2,1-2H3. The van der Waals surface area contributed by atoms with E-state index in [2.05, 4.69) is 29.2 Å². The van der Waals surface area contributed by atoms with Gasteiger partial charge < -0.3 is 14.4 Å². The second-order valence-electron chi connectivity index (χ2n) is 8.97. The van der Waals surface area contributed by atoms with Crippen LogP contribution in [0.25, 0.3) is 17.0 Å². The molecule has 2 aromatic carbocycles. The number of carbonyl (C=O) groups excluding carboxylic acids is 1. The highest BCUT2D eigenvalue weighted by molar-refractivity contribution is 5.97. The fourth-order valence-electron chi connectivity index (χ4n) is 4.85. The zero-order valence-electron chi connectivity index (χ0n) is 20.6. The number of nitrogens with zero attached hydrogens (tertiary/aromatic N) is 4. The molecule has 0 N–H and O–H groups in total. The van der Waals surface area contributed by atoms with Crippen LogP contribution in [-0.4, -0.2) is 52.9 Å². The van der Waals surface area contributed by atoms with Gasteiger partial charge in [-0.15, -0.1) is 0 Å². The van der Waals surface area contributed by atoms with Gasteiger partial charge in [0.15, 0.2) is 0 Å². The lowest BCUT2D eigenvalue weighted by Gasteiger charge is -2.32. The lowest BCUT2D eigenvalue weighted by Crippen LogP contribution is -2.38. The first-order chi connectivity index (χ1) is 17.7. The maximum absolute atomic E-state index is 13.1. The summed E-state index contributed by atoms with van der Waals surface area (Å²) in [4.78, 5) is 19.4. The first-order valence-electron chi connectivity index (χ1n) is 12.2. The largest absolute Gasteiger partial charge is 0.497 e. The number of aromatic nitrogens is 3. The molecule has 5 rings (SSSR count). The molecule has 1 fully saturated rings. The maximum atomic E-state index is 13.1. The predicted molar refractivity (Wildman–Crippen MR) is 140 cm³/mol. The summed E-state index contributed by atoms with van der Waals surface area (Å²) in [6.07, 6.45) is 7.21. The van der Waals surface area contributed by atoms with E-state index in [9.17, 15) is 4.79 Å². The Bertz CT molecular complexity index is 1360. The lowest BCUT2D eigenvalue weighted by molar-refractivity contribution is -0.127. The van der Waals surface area contributed by atoms with E-state index in [1.54, 1.807) is 32.6 Å². The van der Waals surface area contributed by atoms with E-state index in [-0.39, 0.29) is 5.91 Å². The number of pyridine rings is 1. The van der Waals surface area contributed by atoms with Gasteiger partial charge in [0.05, 0.1) is 37.4 Å². The van der Waals surface area contributed by atoms with Crippen molar-refractivity contribution < 1.29 is 14.3 Å². The average molecular weight is 483 g/mol. The summed E-state index contributed by atoms with van der Waals surface area (Å²) in [6, 6.07) is 20.3. The molecule has 1 saturated heterocycles. The average Bonchev–Trinajstić information content (AvgIpc) is 3.30. The number of methoxy groups -OCH3 is 2. The van der Waals surface area contributed by atoms with Gasteiger partial charge in [-0.25, -0.2) is 4.98 Å². The Labute approximate surface area is 211 Å². The molecule has 1 aliphatic heterocycles. The van der Waals surface area contributed by atoms with Crippen LogP contribution >= 0.6 is 0 Å². The summed E-state index contributed by atoms with van der Waals surface area (Å²) in [6.45, 7) is 2.06. The lowest BCUT2D eigenvalue weighted by atomic mass is 9.90. The fraction of sp³-hybridized carbons (Fsp3) is 0.276. The summed E-state index contributed by atoms with van der Waals surface area (Å²) >= 11 is 0. The molecule has 7 nitrogen and oxygen atoms in total. The minimum atomic E-state index is -0.00339. The number of piperidine rings is 1. The first kappa shape index (κ1) is 23.6. The van der Waals surface area contributed by atoms with Crippen molar-refractivity contribution >= 4 is 22.9 Å². The highest BCUT2D eigenvalue weighted by atomic mass is 16.5. The molecule has 0 saturated carbocycles. The zero-order chi connectivity index (χ0) is 24.9. The van der Waals surface area contributed by atoms with Crippen molar-refractivity contribution in [3.8, 4) is 11.6 Å². The number of fused-ring (bicyclic) bond motifs is 1. The molecule has 2 aromatic heterocycles. The molecule has 0 aliphatic carbocycles. The quantitative estimate of drug-likeness (QED) is 0.350. The van der Waals surface area contributed by atoms with E-state index >= 15 is 0 Å². The van der Waals surface area contributed by atoms with Gasteiger partial charge in [0.1, 0.15) is 5.75 Å². The Balaban J connectivity index is 1.39. The Hall–Kier alpha value is -4.13. The van der Waals surface area contributed by atoms with Crippen molar-refractivity contribution in [3.05, 3.63) is 89.8 Å². The van der Waals surface area contributed by atoms with Crippen molar-refractivity contribution in [2.45, 2.75) is 25.3 Å². The Morgan fingerprint density at radius 3 is 2.61 bits per heavy atom. The first-order valence-corrected chi connectivity index (χ1v) is 12.2. The second-order valence-corrected chi connectivity index (χ2v) is 8.97. The third-order valence-electron chi connectivity index (χ3n) is 6.73. The number of likely N-dealkylation sites (tertiary alicyclic amines) is 1. The van der Waals surface area contributed by atoms with Gasteiger partial charge in [-0.2, -0.15) is 5.10 Å². The highest BCUT2D eigenvalue weighted by Gasteiger charge is 2.24. The maximum Gasteiger partial charge on any atom is 0.246 e. The minimum absolute atomic E-state index is 0.00339. The molecule has 1 aliphatic rings. The number of benzene rings is 2. The fourth-order valence-corrected chi connectivity index (χ4v) is 4.85. The van der Waals surface area contributed by atoms with Crippen LogP contribution in [-0.2, 0) is 11.3 Å². The Morgan fingerprint density at radius 2 is 1.86 bits per heavy atom. The minimum Gasteiger partial charge on any atom is -0.497 e. The molecular weight excluding hydrogens is 452 g/mol. The van der Waals surface area contributed by atoms with Crippen LogP contribution in [0.3, 0.4) is 0 Å². The SMILES string of the molecule is COc1ccc(Cn2nc(C=CC(=O)N3CCCC(c4ccccc4)C3)c3c(OC)nccc32)cc1. The van der Waals surface area contributed by atoms with Gasteiger partial charge >= 0.3 is 0 Å². The van der Waals surface area contributed by atoms with Crippen molar-refractivity contribution in [1.82, 2.24) is 19.7 Å². The van der Waals surface area contributed by atoms with Crippen LogP contribution in [0.4, 0.5) is 0 Å². The summed E-state index contributed by atoms with van der Waals surface area (Å²) in [7, 11) is 3.25. The molecule has 36 heavy (non-hydrogen) atoms.